The highest BCUT2D eigenvalue weighted by Gasteiger charge is 2.05. The lowest BCUT2D eigenvalue weighted by Gasteiger charge is -1.95. The molecule has 0 aliphatic heterocycles. The van der Waals surface area contributed by atoms with Gasteiger partial charge in [0.2, 0.25) is 0 Å². The van der Waals surface area contributed by atoms with Crippen molar-refractivity contribution in [3.63, 3.8) is 0 Å². The molecule has 0 N–H and O–H groups in total. The minimum Gasteiger partial charge on any atom is -0.381 e. The zero-order valence-corrected chi connectivity index (χ0v) is 14.9. The highest BCUT2D eigenvalue weighted by Crippen LogP contribution is 2.27. The molecule has 1 nitrogen and oxygen atoms in total. The van der Waals surface area contributed by atoms with Gasteiger partial charge in [0.15, 0.2) is 0 Å². The van der Waals surface area contributed by atoms with E-state index in [9.17, 15) is 0 Å². The van der Waals surface area contributed by atoms with E-state index in [-0.39, 0.29) is 0 Å². The summed E-state index contributed by atoms with van der Waals surface area (Å²) < 4.78 is 5.02. The fourth-order valence-corrected chi connectivity index (χ4v) is 3.03. The maximum Gasteiger partial charge on any atom is 0.0649 e. The molecule has 0 saturated carbocycles. The normalized spacial score (nSPS) is 11.8. The molecule has 0 atom stereocenters. The Morgan fingerprint density at radius 1 is 1.19 bits per heavy atom. The van der Waals surface area contributed by atoms with Crippen molar-refractivity contribution < 1.29 is 4.74 Å². The van der Waals surface area contributed by atoms with E-state index in [0.29, 0.717) is 6.61 Å². The Kier molecular flexibility index (Phi) is 7.45. The summed E-state index contributed by atoms with van der Waals surface area (Å²) in [5, 5.41) is 0. The van der Waals surface area contributed by atoms with Crippen molar-refractivity contribution >= 4 is 17.4 Å². The van der Waals surface area contributed by atoms with Gasteiger partial charge in [0, 0.05) is 16.9 Å². The second-order valence-corrected chi connectivity index (χ2v) is 6.76. The molecule has 0 fully saturated rings. The molecule has 0 radical (unpaired) electrons. The number of thiophene rings is 1. The van der Waals surface area contributed by atoms with E-state index in [2.05, 4.69) is 64.7 Å². The van der Waals surface area contributed by atoms with Crippen molar-refractivity contribution in [2.75, 3.05) is 13.7 Å². The van der Waals surface area contributed by atoms with Crippen LogP contribution in [0.1, 0.15) is 41.1 Å². The van der Waals surface area contributed by atoms with E-state index in [0.717, 1.165) is 6.42 Å². The van der Waals surface area contributed by atoms with Crippen molar-refractivity contribution in [2.24, 2.45) is 0 Å². The zero-order chi connectivity index (χ0) is 15.8. The Balaban J connectivity index is 2.73. The maximum atomic E-state index is 5.02. The summed E-state index contributed by atoms with van der Waals surface area (Å²) in [7, 11) is 1.71. The quantitative estimate of drug-likeness (QED) is 0.479. The summed E-state index contributed by atoms with van der Waals surface area (Å²) in [6.07, 6.45) is 9.44. The van der Waals surface area contributed by atoms with E-state index < -0.39 is 0 Å². The number of aryl methyl sites for hydroxylation is 2. The fraction of sp³-hybridized carbons (Fsp3) is 0.421. The van der Waals surface area contributed by atoms with Gasteiger partial charge in [0.1, 0.15) is 0 Å². The first-order valence-electron chi connectivity index (χ1n) is 7.26. The Labute approximate surface area is 133 Å². The minimum atomic E-state index is 0.668. The second kappa shape index (κ2) is 8.84. The molecule has 0 bridgehead atoms. The molecular weight excluding hydrogens is 276 g/mol. The van der Waals surface area contributed by atoms with Crippen LogP contribution >= 0.6 is 11.3 Å². The molecule has 0 spiro atoms. The summed E-state index contributed by atoms with van der Waals surface area (Å²) in [6.45, 7) is 11.4. The number of rotatable bonds is 6. The van der Waals surface area contributed by atoms with E-state index in [1.165, 1.54) is 32.0 Å². The monoisotopic (exact) mass is 302 g/mol. The topological polar surface area (TPSA) is 9.23 Å². The first-order chi connectivity index (χ1) is 9.95. The van der Waals surface area contributed by atoms with Crippen LogP contribution in [-0.4, -0.2) is 13.7 Å². The SMILES string of the molecule is COC/C=C(C)/C=C/CC(C)=C=Cc1c(C)sc(C)c1C. The number of methoxy groups -OCH3 is 1. The molecule has 0 aromatic carbocycles. The van der Waals surface area contributed by atoms with Crippen molar-refractivity contribution in [2.45, 2.75) is 41.0 Å². The molecular formula is C19H26OS. The smallest absolute Gasteiger partial charge is 0.0649 e. The minimum absolute atomic E-state index is 0.668. The molecule has 114 valence electrons. The highest BCUT2D eigenvalue weighted by molar-refractivity contribution is 7.12. The molecule has 0 unspecified atom stereocenters. The van der Waals surface area contributed by atoms with Crippen LogP contribution in [-0.2, 0) is 4.74 Å². The van der Waals surface area contributed by atoms with Gasteiger partial charge >= 0.3 is 0 Å². The van der Waals surface area contributed by atoms with Gasteiger partial charge in [-0.1, -0.05) is 23.8 Å². The van der Waals surface area contributed by atoms with Crippen molar-refractivity contribution in [3.8, 4) is 0 Å². The van der Waals surface area contributed by atoms with Gasteiger partial charge in [-0.2, -0.15) is 0 Å². The summed E-state index contributed by atoms with van der Waals surface area (Å²) in [4.78, 5) is 2.77. The fourth-order valence-electron chi connectivity index (χ4n) is 1.98. The van der Waals surface area contributed by atoms with Crippen LogP contribution in [0.5, 0.6) is 0 Å². The maximum absolute atomic E-state index is 5.02. The summed E-state index contributed by atoms with van der Waals surface area (Å²) in [5.74, 6) is 0. The largest absolute Gasteiger partial charge is 0.381 e. The van der Waals surface area contributed by atoms with Crippen molar-refractivity contribution in [1.29, 1.82) is 0 Å². The average Bonchev–Trinajstić information content (AvgIpc) is 2.68. The molecule has 1 heterocycles. The van der Waals surface area contributed by atoms with E-state index in [4.69, 9.17) is 4.74 Å². The molecule has 2 heteroatoms. The predicted octanol–water partition coefficient (Wildman–Crippen LogP) is 5.77. The van der Waals surface area contributed by atoms with Crippen LogP contribution in [0.25, 0.3) is 6.08 Å². The molecule has 1 aromatic heterocycles. The average molecular weight is 302 g/mol. The lowest BCUT2D eigenvalue weighted by atomic mass is 10.1. The van der Waals surface area contributed by atoms with Crippen LogP contribution in [0.15, 0.2) is 35.1 Å². The molecule has 0 amide bonds. The number of allylic oxidation sites excluding steroid dienone is 4. The lowest BCUT2D eigenvalue weighted by Crippen LogP contribution is -1.82. The van der Waals surface area contributed by atoms with Gasteiger partial charge in [-0.3, -0.25) is 0 Å². The lowest BCUT2D eigenvalue weighted by molar-refractivity contribution is 0.233. The molecule has 1 aromatic rings. The third-order valence-electron chi connectivity index (χ3n) is 3.46. The predicted molar refractivity (Wildman–Crippen MR) is 95.1 cm³/mol. The summed E-state index contributed by atoms with van der Waals surface area (Å²) >= 11 is 1.86. The van der Waals surface area contributed by atoms with Crippen molar-refractivity contribution in [1.82, 2.24) is 0 Å². The summed E-state index contributed by atoms with van der Waals surface area (Å²) in [6, 6.07) is 0. The van der Waals surface area contributed by atoms with Crippen LogP contribution in [0.2, 0.25) is 0 Å². The van der Waals surface area contributed by atoms with Crippen LogP contribution < -0.4 is 0 Å². The third-order valence-corrected chi connectivity index (χ3v) is 4.60. The Bertz CT molecular complexity index is 593. The molecule has 21 heavy (non-hydrogen) atoms. The molecule has 0 saturated heterocycles. The standard InChI is InChI=1S/C19H26OS/c1-14(8-7-9-15(2)12-13-20-6)10-11-19-16(3)17(4)21-18(19)5/h7,9,11-12H,8,13H2,1-6H3/b9-7+,15-12+. The molecule has 0 aliphatic rings. The zero-order valence-electron chi connectivity index (χ0n) is 14.0. The Morgan fingerprint density at radius 2 is 1.90 bits per heavy atom. The second-order valence-electron chi connectivity index (χ2n) is 5.33. The van der Waals surface area contributed by atoms with E-state index >= 15 is 0 Å². The third kappa shape index (κ3) is 5.89. The Morgan fingerprint density at radius 3 is 2.48 bits per heavy atom. The van der Waals surface area contributed by atoms with Crippen molar-refractivity contribution in [3.05, 3.63) is 56.0 Å². The number of hydrogen-bond acceptors (Lipinski definition) is 2. The van der Waals surface area contributed by atoms with Gasteiger partial charge in [0.25, 0.3) is 0 Å². The van der Waals surface area contributed by atoms with Crippen LogP contribution in [0.3, 0.4) is 0 Å². The highest BCUT2D eigenvalue weighted by atomic mass is 32.1. The van der Waals surface area contributed by atoms with Gasteiger partial charge in [-0.25, -0.2) is 0 Å². The number of hydrogen-bond donors (Lipinski definition) is 0. The van der Waals surface area contributed by atoms with Crippen LogP contribution in [0, 0.1) is 20.8 Å². The first-order valence-corrected chi connectivity index (χ1v) is 8.08. The molecule has 1 rings (SSSR count). The summed E-state index contributed by atoms with van der Waals surface area (Å²) in [5.41, 5.74) is 8.60. The molecule has 0 aliphatic carbocycles. The van der Waals surface area contributed by atoms with Gasteiger partial charge in [-0.05, 0) is 63.8 Å². The van der Waals surface area contributed by atoms with Gasteiger partial charge in [-0.15, -0.1) is 17.1 Å². The van der Waals surface area contributed by atoms with Gasteiger partial charge in [0.05, 0.1) is 6.61 Å². The Hall–Kier alpha value is -1.34. The van der Waals surface area contributed by atoms with Crippen LogP contribution in [0.4, 0.5) is 0 Å². The van der Waals surface area contributed by atoms with E-state index in [1.807, 2.05) is 11.3 Å². The first kappa shape index (κ1) is 17.7. The van der Waals surface area contributed by atoms with E-state index in [1.54, 1.807) is 7.11 Å². The van der Waals surface area contributed by atoms with Gasteiger partial charge < -0.3 is 4.74 Å². The number of ether oxygens (including phenoxy) is 1.